The van der Waals surface area contributed by atoms with E-state index in [1.54, 1.807) is 24.4 Å². The average Bonchev–Trinajstić information content (AvgIpc) is 2.29. The second kappa shape index (κ2) is 5.40. The molecule has 0 unspecified atom stereocenters. The normalized spacial score (nSPS) is 10.4. The third-order valence-electron chi connectivity index (χ3n) is 1.90. The molecule has 3 nitrogen and oxygen atoms in total. The van der Waals surface area contributed by atoms with Crippen molar-refractivity contribution in [2.24, 2.45) is 0 Å². The van der Waals surface area contributed by atoms with E-state index in [-0.39, 0.29) is 5.28 Å². The molecule has 2 rings (SSSR count). The van der Waals surface area contributed by atoms with Crippen molar-refractivity contribution in [3.05, 3.63) is 44.2 Å². The Labute approximate surface area is 121 Å². The SMILES string of the molecule is Clc1ncc(Br)c(Nc2ccc(Cl)c(Cl)c2)n1. The van der Waals surface area contributed by atoms with Crippen molar-refractivity contribution in [1.82, 2.24) is 9.97 Å². The van der Waals surface area contributed by atoms with Crippen LogP contribution in [0.15, 0.2) is 28.9 Å². The van der Waals surface area contributed by atoms with Gasteiger partial charge < -0.3 is 5.32 Å². The van der Waals surface area contributed by atoms with Gasteiger partial charge in [-0.3, -0.25) is 0 Å². The monoisotopic (exact) mass is 351 g/mol. The summed E-state index contributed by atoms with van der Waals surface area (Å²) in [5, 5.41) is 4.18. The van der Waals surface area contributed by atoms with Crippen molar-refractivity contribution >= 4 is 62.2 Å². The number of nitrogens with zero attached hydrogens (tertiary/aromatic N) is 2. The molecular formula is C10H5BrCl3N3. The van der Waals surface area contributed by atoms with Crippen molar-refractivity contribution in [1.29, 1.82) is 0 Å². The molecule has 0 amide bonds. The van der Waals surface area contributed by atoms with E-state index in [1.165, 1.54) is 0 Å². The number of nitrogens with one attached hydrogen (secondary N) is 1. The number of benzene rings is 1. The molecule has 0 spiro atoms. The molecule has 0 aliphatic rings. The Morgan fingerprint density at radius 1 is 1.12 bits per heavy atom. The van der Waals surface area contributed by atoms with Crippen LogP contribution in [0.2, 0.25) is 15.3 Å². The van der Waals surface area contributed by atoms with Crippen LogP contribution >= 0.6 is 50.7 Å². The maximum atomic E-state index is 5.91. The molecule has 0 aliphatic heterocycles. The predicted molar refractivity (Wildman–Crippen MR) is 74.5 cm³/mol. The molecule has 0 saturated heterocycles. The largest absolute Gasteiger partial charge is 0.339 e. The molecule has 17 heavy (non-hydrogen) atoms. The predicted octanol–water partition coefficient (Wildman–Crippen LogP) is 4.94. The lowest BCUT2D eigenvalue weighted by atomic mass is 10.3. The first-order chi connectivity index (χ1) is 8.06. The van der Waals surface area contributed by atoms with E-state index < -0.39 is 0 Å². The van der Waals surface area contributed by atoms with Crippen LogP contribution in [0.5, 0.6) is 0 Å². The molecule has 0 radical (unpaired) electrons. The van der Waals surface area contributed by atoms with Gasteiger partial charge in [0.25, 0.3) is 0 Å². The quantitative estimate of drug-likeness (QED) is 0.777. The van der Waals surface area contributed by atoms with Gasteiger partial charge in [0, 0.05) is 11.9 Å². The van der Waals surface area contributed by atoms with E-state index in [4.69, 9.17) is 34.8 Å². The van der Waals surface area contributed by atoms with Gasteiger partial charge in [-0.05, 0) is 45.7 Å². The van der Waals surface area contributed by atoms with Gasteiger partial charge in [0.2, 0.25) is 5.28 Å². The first-order valence-corrected chi connectivity index (χ1v) is 6.39. The van der Waals surface area contributed by atoms with Crippen LogP contribution in [0.3, 0.4) is 0 Å². The van der Waals surface area contributed by atoms with E-state index in [2.05, 4.69) is 31.2 Å². The number of anilines is 2. The minimum atomic E-state index is 0.163. The second-order valence-electron chi connectivity index (χ2n) is 3.09. The summed E-state index contributed by atoms with van der Waals surface area (Å²) in [5.41, 5.74) is 0.759. The second-order valence-corrected chi connectivity index (χ2v) is 5.10. The van der Waals surface area contributed by atoms with E-state index in [1.807, 2.05) is 0 Å². The van der Waals surface area contributed by atoms with Gasteiger partial charge in [-0.25, -0.2) is 4.98 Å². The zero-order valence-electron chi connectivity index (χ0n) is 8.22. The molecule has 0 atom stereocenters. The van der Waals surface area contributed by atoms with Crippen molar-refractivity contribution in [2.75, 3.05) is 5.32 Å². The van der Waals surface area contributed by atoms with Gasteiger partial charge in [0.15, 0.2) is 0 Å². The molecule has 1 N–H and O–H groups in total. The summed E-state index contributed by atoms with van der Waals surface area (Å²) in [5.74, 6) is 0.559. The van der Waals surface area contributed by atoms with Gasteiger partial charge >= 0.3 is 0 Å². The summed E-state index contributed by atoms with van der Waals surface area (Å²) in [7, 11) is 0. The van der Waals surface area contributed by atoms with E-state index in [0.29, 0.717) is 20.3 Å². The molecule has 0 fully saturated rings. The highest BCUT2D eigenvalue weighted by Gasteiger charge is 2.05. The summed E-state index contributed by atoms with van der Waals surface area (Å²) in [6.07, 6.45) is 1.56. The molecule has 7 heteroatoms. The van der Waals surface area contributed by atoms with Crippen LogP contribution < -0.4 is 5.32 Å². The summed E-state index contributed by atoms with van der Waals surface area (Å²) < 4.78 is 0.702. The van der Waals surface area contributed by atoms with Crippen LogP contribution in [0.25, 0.3) is 0 Å². The fourth-order valence-electron chi connectivity index (χ4n) is 1.14. The number of rotatable bonds is 2. The van der Waals surface area contributed by atoms with Crippen molar-refractivity contribution in [2.45, 2.75) is 0 Å². The Hall–Kier alpha value is -0.550. The van der Waals surface area contributed by atoms with Crippen LogP contribution in [0.1, 0.15) is 0 Å². The fourth-order valence-corrected chi connectivity index (χ4v) is 1.87. The highest BCUT2D eigenvalue weighted by molar-refractivity contribution is 9.10. The first-order valence-electron chi connectivity index (χ1n) is 4.46. The van der Waals surface area contributed by atoms with Gasteiger partial charge in [-0.15, -0.1) is 0 Å². The summed E-state index contributed by atoms with van der Waals surface area (Å²) in [6.45, 7) is 0. The number of aromatic nitrogens is 2. The highest BCUT2D eigenvalue weighted by Crippen LogP contribution is 2.29. The van der Waals surface area contributed by atoms with Gasteiger partial charge in [0.1, 0.15) is 5.82 Å². The third-order valence-corrected chi connectivity index (χ3v) is 3.40. The Balaban J connectivity index is 2.31. The van der Waals surface area contributed by atoms with Crippen molar-refractivity contribution in [3.63, 3.8) is 0 Å². The molecular weight excluding hydrogens is 348 g/mol. The minimum Gasteiger partial charge on any atom is -0.339 e. The number of hydrogen-bond donors (Lipinski definition) is 1. The van der Waals surface area contributed by atoms with Gasteiger partial charge in [-0.2, -0.15) is 4.98 Å². The van der Waals surface area contributed by atoms with Gasteiger partial charge in [0.05, 0.1) is 14.5 Å². The van der Waals surface area contributed by atoms with E-state index >= 15 is 0 Å². The Morgan fingerprint density at radius 3 is 2.59 bits per heavy atom. The minimum absolute atomic E-state index is 0.163. The Kier molecular flexibility index (Phi) is 4.09. The molecule has 1 heterocycles. The molecule has 0 bridgehead atoms. The smallest absolute Gasteiger partial charge is 0.224 e. The molecule has 0 aliphatic carbocycles. The standard InChI is InChI=1S/C10H5BrCl3N3/c11-6-4-15-10(14)17-9(6)16-5-1-2-7(12)8(13)3-5/h1-4H,(H,15,16,17). The maximum absolute atomic E-state index is 5.91. The summed E-state index contributed by atoms with van der Waals surface area (Å²) in [6, 6.07) is 5.19. The topological polar surface area (TPSA) is 37.8 Å². The lowest BCUT2D eigenvalue weighted by Gasteiger charge is -2.08. The maximum Gasteiger partial charge on any atom is 0.224 e. The molecule has 88 valence electrons. The zero-order valence-corrected chi connectivity index (χ0v) is 12.1. The van der Waals surface area contributed by atoms with Crippen LogP contribution in [-0.2, 0) is 0 Å². The lowest BCUT2D eigenvalue weighted by molar-refractivity contribution is 1.15. The highest BCUT2D eigenvalue weighted by atomic mass is 79.9. The van der Waals surface area contributed by atoms with E-state index in [0.717, 1.165) is 5.69 Å². The third kappa shape index (κ3) is 3.22. The van der Waals surface area contributed by atoms with Gasteiger partial charge in [-0.1, -0.05) is 23.2 Å². The van der Waals surface area contributed by atoms with Crippen molar-refractivity contribution in [3.8, 4) is 0 Å². The zero-order chi connectivity index (χ0) is 12.4. The van der Waals surface area contributed by atoms with E-state index in [9.17, 15) is 0 Å². The van der Waals surface area contributed by atoms with Crippen LogP contribution in [0, 0.1) is 0 Å². The Morgan fingerprint density at radius 2 is 1.88 bits per heavy atom. The average molecular weight is 353 g/mol. The Bertz CT molecular complexity index is 562. The lowest BCUT2D eigenvalue weighted by Crippen LogP contribution is -1.96. The van der Waals surface area contributed by atoms with Crippen molar-refractivity contribution < 1.29 is 0 Å². The fraction of sp³-hybridized carbons (Fsp3) is 0. The van der Waals surface area contributed by atoms with Crippen LogP contribution in [-0.4, -0.2) is 9.97 Å². The molecule has 1 aromatic heterocycles. The molecule has 2 aromatic rings. The molecule has 0 saturated carbocycles. The number of halogens is 4. The summed E-state index contributed by atoms with van der Waals surface area (Å²) >= 11 is 20.8. The number of hydrogen-bond acceptors (Lipinski definition) is 3. The first kappa shape index (κ1) is 12.9. The van der Waals surface area contributed by atoms with Crippen LogP contribution in [0.4, 0.5) is 11.5 Å². The molecule has 1 aromatic carbocycles. The summed E-state index contributed by atoms with van der Waals surface area (Å²) in [4.78, 5) is 7.87.